The molecule has 10 aliphatic carbocycles. The molecule has 1 atom stereocenters. The molecule has 0 aliphatic heterocycles. The van der Waals surface area contributed by atoms with Crippen LogP contribution in [0.5, 0.6) is 0 Å². The molecular weight excluding hydrogens is 1670 g/mol. The van der Waals surface area contributed by atoms with Gasteiger partial charge in [0.1, 0.15) is 6.29 Å². The molecule has 10 fully saturated rings. The van der Waals surface area contributed by atoms with Gasteiger partial charge in [-0.25, -0.2) is 0 Å². The Labute approximate surface area is 716 Å². The van der Waals surface area contributed by atoms with Gasteiger partial charge in [-0.1, -0.05) is 186 Å². The molecule has 3 aromatic carbocycles. The molecule has 13 rings (SSSR count). The number of rotatable bonds is 12. The summed E-state index contributed by atoms with van der Waals surface area (Å²) in [6.45, 7) is 33.8. The summed E-state index contributed by atoms with van der Waals surface area (Å²) in [5, 5.41) is 11.7. The topological polar surface area (TPSA) is 40.9 Å². The SMILES string of the molecule is BrBr.C.C.C#CC1(C)CCC(C2CCC(C)CC2)CC1.C=CC1(C)CCC(C2CCC(C)CC2)CC1.CC.CC1CCC(C2CCC(C)(C#N)CC2)CC1.CC1CCC(C2CCC(C)(C(Br)CBr)CC2)CC1.CC1CCC(C2CCC(C)(C=O)CC2)CC1.CP(Br)(c1ccccc1)(c1ccccc1)c1ccccc1. The third-order valence-electron chi connectivity index (χ3n) is 30.8. The van der Waals surface area contributed by atoms with Crippen LogP contribution < -0.4 is 15.9 Å². The fourth-order valence-corrected chi connectivity index (χ4v) is 28.4. The van der Waals surface area contributed by atoms with Gasteiger partial charge >= 0.3 is 134 Å². The van der Waals surface area contributed by atoms with Crippen molar-refractivity contribution in [2.75, 3.05) is 12.0 Å². The van der Waals surface area contributed by atoms with Crippen molar-refractivity contribution in [2.45, 2.75) is 360 Å². The molecule has 620 valence electrons. The summed E-state index contributed by atoms with van der Waals surface area (Å²) in [5.41, 5.74) is 1.22. The Hall–Kier alpha value is -1.05. The van der Waals surface area contributed by atoms with Crippen molar-refractivity contribution in [2.24, 2.45) is 116 Å². The van der Waals surface area contributed by atoms with Crippen LogP contribution in [0.2, 0.25) is 0 Å². The number of nitriles is 1. The van der Waals surface area contributed by atoms with Gasteiger partial charge in [0.15, 0.2) is 0 Å². The van der Waals surface area contributed by atoms with E-state index in [0.29, 0.717) is 15.7 Å². The average molecular weight is 1840 g/mol. The average Bonchev–Trinajstić information content (AvgIpc) is 0.718. The van der Waals surface area contributed by atoms with Crippen LogP contribution in [0.4, 0.5) is 0 Å². The fraction of sp³-hybridized carbons (Fsp3) is 0.762. The second-order valence-corrected chi connectivity index (χ2v) is 50.5. The van der Waals surface area contributed by atoms with E-state index in [4.69, 9.17) is 11.7 Å². The first kappa shape index (κ1) is 100. The number of hydrogen-bond donors (Lipinski definition) is 0. The molecule has 1 unspecified atom stereocenters. The Morgan fingerprint density at radius 3 is 0.862 bits per heavy atom. The van der Waals surface area contributed by atoms with Gasteiger partial charge in [-0.05, 0) is 306 Å². The summed E-state index contributed by atoms with van der Waals surface area (Å²) in [6.07, 6.45) is 65.0. The van der Waals surface area contributed by atoms with Crippen LogP contribution in [-0.4, -0.2) is 23.1 Å². The summed E-state index contributed by atoms with van der Waals surface area (Å²) in [4.78, 5) is 11.7. The number of alkyl halides is 2. The minimum absolute atomic E-state index is 0. The van der Waals surface area contributed by atoms with Gasteiger partial charge in [-0.3, -0.25) is 0 Å². The van der Waals surface area contributed by atoms with Gasteiger partial charge < -0.3 is 4.79 Å². The summed E-state index contributed by atoms with van der Waals surface area (Å²) in [7, 11) is 0. The molecule has 109 heavy (non-hydrogen) atoms. The Morgan fingerprint density at radius 1 is 0.422 bits per heavy atom. The van der Waals surface area contributed by atoms with Crippen LogP contribution in [0.15, 0.2) is 104 Å². The summed E-state index contributed by atoms with van der Waals surface area (Å²) < 4.78 is 0. The zero-order chi connectivity index (χ0) is 78.3. The molecule has 0 radical (unpaired) electrons. The van der Waals surface area contributed by atoms with Crippen LogP contribution in [-0.2, 0) is 4.79 Å². The van der Waals surface area contributed by atoms with Crippen molar-refractivity contribution in [3.63, 3.8) is 0 Å². The number of halogens is 5. The van der Waals surface area contributed by atoms with E-state index in [1.807, 2.05) is 13.8 Å². The van der Waals surface area contributed by atoms with E-state index >= 15 is 0 Å². The number of allylic oxidation sites excluding steroid dienone is 1. The van der Waals surface area contributed by atoms with Crippen LogP contribution in [0.3, 0.4) is 0 Å². The maximum absolute atomic E-state index is 11.0. The second kappa shape index (κ2) is 49.4. The van der Waals surface area contributed by atoms with Gasteiger partial charge in [-0.15, -0.1) is 18.9 Å². The number of terminal acetylenes is 1. The predicted molar refractivity (Wildman–Crippen MR) is 506 cm³/mol. The summed E-state index contributed by atoms with van der Waals surface area (Å²) >= 11 is 17.3. The van der Waals surface area contributed by atoms with Crippen molar-refractivity contribution < 1.29 is 4.79 Å². The zero-order valence-electron chi connectivity index (χ0n) is 70.5. The van der Waals surface area contributed by atoms with Crippen molar-refractivity contribution in [3.8, 4) is 18.4 Å². The standard InChI is InChI=1S/C19H18BrP.C16H28Br2.C16H28.C16H26.C15H25N.C15H26O.C2H6.2CH4.Br2/c1-21(20,17-11-5-2-6-12-17,18-13-7-3-8-14-18)19-15-9-4-10-16-19;1-12-3-5-13(6-4-12)14-7-9-16(2,10-8-14)15(18)11-17;2*1-4-16(3)11-9-15(10-12-16)14-7-5-13(2)6-8-14;2*1-12-3-5-13(6-4-12)14-7-9-15(2,11-16)10-8-14;1-2;;;1-2/h2-16H,1H3;12-15H,3-11H2,1-2H3;4,13-15H,1,5-12H2,2-3H3;1,13-15H,5-12H2,2-3H3;12-14H,3-10H2,1-2H3;11-14H,3-10H2,1-2H3;1-2H3;2*1H4;. The monoisotopic (exact) mass is 1830 g/mol. The van der Waals surface area contributed by atoms with Gasteiger partial charge in [0.2, 0.25) is 0 Å². The Balaban J connectivity index is 0.000000273. The summed E-state index contributed by atoms with van der Waals surface area (Å²) in [5.74, 6) is 18.0. The molecule has 0 spiro atoms. The van der Waals surface area contributed by atoms with Crippen LogP contribution in [0, 0.1) is 140 Å². The molecule has 2 nitrogen and oxygen atoms in total. The number of carbonyl (C=O) groups excluding carboxylic acids is 1. The molecule has 0 saturated heterocycles. The normalized spacial score (nSPS) is 36.4. The van der Waals surface area contributed by atoms with Crippen LogP contribution in [0.25, 0.3) is 0 Å². The first-order chi connectivity index (χ1) is 51.2. The van der Waals surface area contributed by atoms with Gasteiger partial charge in [0.05, 0.1) is 11.5 Å². The quantitative estimate of drug-likeness (QED) is 0.0596. The zero-order valence-corrected chi connectivity index (χ0v) is 79.3. The Bertz CT molecular complexity index is 2750. The number of benzene rings is 3. The van der Waals surface area contributed by atoms with E-state index in [1.54, 1.807) is 0 Å². The third-order valence-corrected chi connectivity index (χ3v) is 42.0. The van der Waals surface area contributed by atoms with Crippen molar-refractivity contribution in [1.29, 1.82) is 5.26 Å². The molecular formula is C101H165Br5NOP. The molecule has 0 heterocycles. The molecule has 10 saturated carbocycles. The van der Waals surface area contributed by atoms with Crippen LogP contribution >= 0.6 is 80.9 Å². The van der Waals surface area contributed by atoms with E-state index in [9.17, 15) is 4.79 Å². The first-order valence-corrected chi connectivity index (χ1v) is 54.9. The van der Waals surface area contributed by atoms with E-state index in [1.165, 1.54) is 253 Å². The van der Waals surface area contributed by atoms with E-state index < -0.39 is 5.31 Å². The Kier molecular flexibility index (Phi) is 45.4. The number of nitrogens with zero attached hydrogens (tertiary/aromatic N) is 1. The van der Waals surface area contributed by atoms with Crippen LogP contribution in [0.1, 0.15) is 355 Å². The van der Waals surface area contributed by atoms with Gasteiger partial charge in [0.25, 0.3) is 0 Å². The molecule has 8 heteroatoms. The molecule has 3 aromatic rings. The van der Waals surface area contributed by atoms with E-state index in [0.717, 1.165) is 120 Å². The predicted octanol–water partition coefficient (Wildman–Crippen LogP) is 33.2. The van der Waals surface area contributed by atoms with Crippen molar-refractivity contribution in [3.05, 3.63) is 104 Å². The maximum atomic E-state index is 11.0. The van der Waals surface area contributed by atoms with E-state index in [-0.39, 0.29) is 31.1 Å². The second-order valence-electron chi connectivity index (χ2n) is 39.0. The number of carbonyl (C=O) groups is 1. The van der Waals surface area contributed by atoms with Crippen molar-refractivity contribution >= 4 is 103 Å². The van der Waals surface area contributed by atoms with E-state index in [2.05, 4.69) is 267 Å². The third kappa shape index (κ3) is 30.4. The van der Waals surface area contributed by atoms with Gasteiger partial charge in [-0.2, -0.15) is 5.26 Å². The molecule has 10 aliphatic rings. The Morgan fingerprint density at radius 2 is 0.642 bits per heavy atom. The first-order valence-electron chi connectivity index (χ1n) is 44.4. The molecule has 0 amide bonds. The van der Waals surface area contributed by atoms with Crippen molar-refractivity contribution in [1.82, 2.24) is 0 Å². The molecule has 0 bridgehead atoms. The summed E-state index contributed by atoms with van der Waals surface area (Å²) in [6, 6.07) is 34.8. The fourth-order valence-electron chi connectivity index (χ4n) is 21.5. The molecule has 0 aromatic heterocycles. The number of hydrogen-bond acceptors (Lipinski definition) is 2. The molecule has 0 N–H and O–H groups in total. The minimum atomic E-state index is -2.56. The number of aldehydes is 1. The van der Waals surface area contributed by atoms with Gasteiger partial charge in [0, 0.05) is 49.2 Å².